The fourth-order valence-corrected chi connectivity index (χ4v) is 3.03. The molecule has 21 heavy (non-hydrogen) atoms. The van der Waals surface area contributed by atoms with E-state index in [1.165, 1.54) is 50.2 Å². The Kier molecular flexibility index (Phi) is 5.22. The molecule has 0 unspecified atom stereocenters. The van der Waals surface area contributed by atoms with Crippen molar-refractivity contribution < 1.29 is 4.74 Å². The molecule has 116 valence electrons. The second-order valence-electron chi connectivity index (χ2n) is 6.45. The molecule has 0 radical (unpaired) electrons. The van der Waals surface area contributed by atoms with Gasteiger partial charge < -0.3 is 10.1 Å². The van der Waals surface area contributed by atoms with Crippen LogP contribution in [0.3, 0.4) is 0 Å². The van der Waals surface area contributed by atoms with Gasteiger partial charge in [0.1, 0.15) is 0 Å². The summed E-state index contributed by atoms with van der Waals surface area (Å²) in [6.45, 7) is 5.14. The largest absolute Gasteiger partial charge is 0.384 e. The zero-order chi connectivity index (χ0) is 14.5. The number of likely N-dealkylation sites (tertiary alicyclic amines) is 1. The summed E-state index contributed by atoms with van der Waals surface area (Å²) in [7, 11) is 1.80. The van der Waals surface area contributed by atoms with Gasteiger partial charge in [0.2, 0.25) is 0 Å². The molecule has 1 aromatic heterocycles. The molecule has 4 nitrogen and oxygen atoms in total. The minimum Gasteiger partial charge on any atom is -0.384 e. The van der Waals surface area contributed by atoms with Gasteiger partial charge in [0.25, 0.3) is 0 Å². The van der Waals surface area contributed by atoms with E-state index >= 15 is 0 Å². The summed E-state index contributed by atoms with van der Waals surface area (Å²) in [5, 5.41) is 3.53. The Morgan fingerprint density at radius 1 is 1.19 bits per heavy atom. The van der Waals surface area contributed by atoms with Gasteiger partial charge in [-0.1, -0.05) is 6.07 Å². The van der Waals surface area contributed by atoms with Crippen molar-refractivity contribution in [1.29, 1.82) is 0 Å². The fraction of sp³-hybridized carbons (Fsp3) is 0.706. The summed E-state index contributed by atoms with van der Waals surface area (Å²) in [6.07, 6.45) is 5.15. The number of hydrogen-bond donors (Lipinski definition) is 1. The Morgan fingerprint density at radius 3 is 2.67 bits per heavy atom. The Hall–Kier alpha value is -0.970. The maximum Gasteiger partial charge on any atom is 0.0547 e. The lowest BCUT2D eigenvalue weighted by atomic mass is 9.98. The number of nitrogens with one attached hydrogen (secondary N) is 1. The zero-order valence-electron chi connectivity index (χ0n) is 13.1. The Morgan fingerprint density at radius 2 is 1.95 bits per heavy atom. The standard InChI is InChI=1S/C17H27N3O/c1-21-13-14-7-9-20(10-8-14)12-17-4-2-3-16(19-17)11-18-15-5-6-15/h2-4,14-15,18H,5-13H2,1H3. The first-order valence-electron chi connectivity index (χ1n) is 8.23. The second-order valence-corrected chi connectivity index (χ2v) is 6.45. The minimum atomic E-state index is 0.744. The van der Waals surface area contributed by atoms with E-state index in [-0.39, 0.29) is 0 Å². The van der Waals surface area contributed by atoms with E-state index < -0.39 is 0 Å². The maximum atomic E-state index is 5.26. The van der Waals surface area contributed by atoms with Crippen molar-refractivity contribution in [2.45, 2.75) is 44.8 Å². The monoisotopic (exact) mass is 289 g/mol. The molecule has 1 saturated heterocycles. The molecule has 0 aromatic carbocycles. The van der Waals surface area contributed by atoms with Crippen LogP contribution in [0, 0.1) is 5.92 Å². The molecule has 1 aliphatic carbocycles. The Balaban J connectivity index is 1.47. The summed E-state index contributed by atoms with van der Waals surface area (Å²) < 4.78 is 5.26. The van der Waals surface area contributed by atoms with Crippen LogP contribution in [0.5, 0.6) is 0 Å². The highest BCUT2D eigenvalue weighted by Gasteiger charge is 2.21. The first kappa shape index (κ1) is 14.9. The first-order chi connectivity index (χ1) is 10.3. The van der Waals surface area contributed by atoms with Crippen molar-refractivity contribution in [2.75, 3.05) is 26.8 Å². The van der Waals surface area contributed by atoms with Crippen molar-refractivity contribution in [2.24, 2.45) is 5.92 Å². The molecule has 1 N–H and O–H groups in total. The van der Waals surface area contributed by atoms with E-state index in [2.05, 4.69) is 28.4 Å². The van der Waals surface area contributed by atoms with Gasteiger partial charge in [-0.15, -0.1) is 0 Å². The third-order valence-corrected chi connectivity index (χ3v) is 4.51. The SMILES string of the molecule is COCC1CCN(Cc2cccc(CNC3CC3)n2)CC1. The van der Waals surface area contributed by atoms with Gasteiger partial charge in [0.15, 0.2) is 0 Å². The minimum absolute atomic E-state index is 0.744. The van der Waals surface area contributed by atoms with E-state index in [0.29, 0.717) is 0 Å². The highest BCUT2D eigenvalue weighted by Crippen LogP contribution is 2.20. The predicted molar refractivity (Wildman–Crippen MR) is 84.0 cm³/mol. The molecule has 0 atom stereocenters. The molecular weight excluding hydrogens is 262 g/mol. The van der Waals surface area contributed by atoms with Gasteiger partial charge in [-0.3, -0.25) is 9.88 Å². The van der Waals surface area contributed by atoms with E-state index in [1.54, 1.807) is 7.11 Å². The summed E-state index contributed by atoms with van der Waals surface area (Å²) in [5.74, 6) is 0.744. The first-order valence-corrected chi connectivity index (χ1v) is 8.23. The fourth-order valence-electron chi connectivity index (χ4n) is 3.03. The van der Waals surface area contributed by atoms with Crippen LogP contribution in [0.4, 0.5) is 0 Å². The van der Waals surface area contributed by atoms with E-state index in [9.17, 15) is 0 Å². The van der Waals surface area contributed by atoms with Gasteiger partial charge in [0, 0.05) is 32.8 Å². The van der Waals surface area contributed by atoms with Gasteiger partial charge in [-0.25, -0.2) is 0 Å². The molecule has 2 aliphatic rings. The van der Waals surface area contributed by atoms with Crippen molar-refractivity contribution >= 4 is 0 Å². The molecular formula is C17H27N3O. The maximum absolute atomic E-state index is 5.26. The normalized spacial score (nSPS) is 20.8. The number of pyridine rings is 1. The van der Waals surface area contributed by atoms with Crippen LogP contribution in [0.2, 0.25) is 0 Å². The molecule has 2 heterocycles. The lowest BCUT2D eigenvalue weighted by Gasteiger charge is -2.31. The Labute approximate surface area is 127 Å². The van der Waals surface area contributed by atoms with Crippen molar-refractivity contribution in [3.05, 3.63) is 29.6 Å². The van der Waals surface area contributed by atoms with E-state index in [1.807, 2.05) is 0 Å². The van der Waals surface area contributed by atoms with Crippen LogP contribution in [-0.4, -0.2) is 42.7 Å². The molecule has 1 saturated carbocycles. The van der Waals surface area contributed by atoms with Crippen LogP contribution >= 0.6 is 0 Å². The summed E-state index contributed by atoms with van der Waals surface area (Å²) >= 11 is 0. The smallest absolute Gasteiger partial charge is 0.0547 e. The van der Waals surface area contributed by atoms with Crippen LogP contribution in [0.25, 0.3) is 0 Å². The number of ether oxygens (including phenoxy) is 1. The molecule has 4 heteroatoms. The van der Waals surface area contributed by atoms with Gasteiger partial charge in [-0.05, 0) is 56.8 Å². The third-order valence-electron chi connectivity index (χ3n) is 4.51. The second kappa shape index (κ2) is 7.34. The number of aromatic nitrogens is 1. The third kappa shape index (κ3) is 4.77. The molecule has 3 rings (SSSR count). The average molecular weight is 289 g/mol. The van der Waals surface area contributed by atoms with Crippen molar-refractivity contribution in [3.63, 3.8) is 0 Å². The van der Waals surface area contributed by atoms with Gasteiger partial charge >= 0.3 is 0 Å². The number of hydrogen-bond acceptors (Lipinski definition) is 4. The molecule has 0 bridgehead atoms. The van der Waals surface area contributed by atoms with Crippen LogP contribution in [-0.2, 0) is 17.8 Å². The summed E-state index contributed by atoms with van der Waals surface area (Å²) in [6, 6.07) is 7.17. The van der Waals surface area contributed by atoms with E-state index in [4.69, 9.17) is 9.72 Å². The highest BCUT2D eigenvalue weighted by molar-refractivity contribution is 5.11. The van der Waals surface area contributed by atoms with Gasteiger partial charge in [0.05, 0.1) is 11.4 Å². The van der Waals surface area contributed by atoms with Gasteiger partial charge in [-0.2, -0.15) is 0 Å². The predicted octanol–water partition coefficient (Wildman–Crippen LogP) is 2.19. The van der Waals surface area contributed by atoms with Crippen molar-refractivity contribution in [1.82, 2.24) is 15.2 Å². The lowest BCUT2D eigenvalue weighted by molar-refractivity contribution is 0.0963. The topological polar surface area (TPSA) is 37.4 Å². The number of methoxy groups -OCH3 is 1. The average Bonchev–Trinajstić information content (AvgIpc) is 3.32. The van der Waals surface area contributed by atoms with Crippen LogP contribution in [0.15, 0.2) is 18.2 Å². The quantitative estimate of drug-likeness (QED) is 0.835. The highest BCUT2D eigenvalue weighted by atomic mass is 16.5. The molecule has 1 aliphatic heterocycles. The summed E-state index contributed by atoms with van der Waals surface area (Å²) in [5.41, 5.74) is 2.38. The molecule has 2 fully saturated rings. The molecule has 1 aromatic rings. The van der Waals surface area contributed by atoms with Crippen LogP contribution in [0.1, 0.15) is 37.1 Å². The number of rotatable bonds is 7. The molecule has 0 amide bonds. The lowest BCUT2D eigenvalue weighted by Crippen LogP contribution is -2.34. The van der Waals surface area contributed by atoms with E-state index in [0.717, 1.165) is 31.7 Å². The Bertz CT molecular complexity index is 439. The van der Waals surface area contributed by atoms with Crippen LogP contribution < -0.4 is 5.32 Å². The summed E-state index contributed by atoms with van der Waals surface area (Å²) in [4.78, 5) is 7.31. The number of nitrogens with zero attached hydrogens (tertiary/aromatic N) is 2. The zero-order valence-corrected chi connectivity index (χ0v) is 13.1. The van der Waals surface area contributed by atoms with Crippen molar-refractivity contribution in [3.8, 4) is 0 Å². The molecule has 0 spiro atoms. The number of piperidine rings is 1.